The van der Waals surface area contributed by atoms with Crippen molar-refractivity contribution in [3.63, 3.8) is 0 Å². The van der Waals surface area contributed by atoms with E-state index in [0.717, 1.165) is 23.4 Å². The summed E-state index contributed by atoms with van der Waals surface area (Å²) in [7, 11) is 1.95. The van der Waals surface area contributed by atoms with E-state index in [4.69, 9.17) is 4.74 Å². The van der Waals surface area contributed by atoms with E-state index in [0.29, 0.717) is 16.7 Å². The lowest BCUT2D eigenvalue weighted by molar-refractivity contribution is 0.0471. The third-order valence-electron chi connectivity index (χ3n) is 4.26. The Morgan fingerprint density at radius 3 is 2.54 bits per heavy atom. The summed E-state index contributed by atoms with van der Waals surface area (Å²) in [6.45, 7) is 8.40. The van der Waals surface area contributed by atoms with Crippen molar-refractivity contribution in [3.05, 3.63) is 64.0 Å². The fourth-order valence-corrected chi connectivity index (χ4v) is 2.36. The van der Waals surface area contributed by atoms with Crippen molar-refractivity contribution in [3.8, 4) is 0 Å². The summed E-state index contributed by atoms with van der Waals surface area (Å²) in [5.74, 6) is -0.724. The van der Waals surface area contributed by atoms with E-state index in [-0.39, 0.29) is 12.4 Å². The van der Waals surface area contributed by atoms with E-state index in [9.17, 15) is 9.18 Å². The van der Waals surface area contributed by atoms with Crippen LogP contribution in [0.5, 0.6) is 0 Å². The summed E-state index contributed by atoms with van der Waals surface area (Å²) in [6.07, 6.45) is 1.77. The summed E-state index contributed by atoms with van der Waals surface area (Å²) >= 11 is 0. The van der Waals surface area contributed by atoms with E-state index in [1.165, 1.54) is 6.07 Å². The van der Waals surface area contributed by atoms with E-state index in [2.05, 4.69) is 4.99 Å². The minimum absolute atomic E-state index is 0.0374. The first-order chi connectivity index (χ1) is 12.3. The van der Waals surface area contributed by atoms with Gasteiger partial charge in [-0.25, -0.2) is 14.2 Å². The van der Waals surface area contributed by atoms with Gasteiger partial charge < -0.3 is 9.64 Å². The molecule has 2 aromatic rings. The largest absolute Gasteiger partial charge is 0.457 e. The fraction of sp³-hybridized carbons (Fsp3) is 0.333. The van der Waals surface area contributed by atoms with Crippen molar-refractivity contribution in [2.45, 2.75) is 34.3 Å². The Balaban J connectivity index is 2.12. The maximum atomic E-state index is 13.6. The molecule has 0 atom stereocenters. The molecular weight excluding hydrogens is 331 g/mol. The third-order valence-corrected chi connectivity index (χ3v) is 4.26. The molecule has 0 fully saturated rings. The topological polar surface area (TPSA) is 41.9 Å². The molecule has 138 valence electrons. The average molecular weight is 356 g/mol. The molecule has 0 aliphatic rings. The van der Waals surface area contributed by atoms with Crippen LogP contribution in [-0.2, 0) is 11.3 Å². The molecule has 0 radical (unpaired) electrons. The van der Waals surface area contributed by atoms with Gasteiger partial charge in [-0.3, -0.25) is 0 Å². The van der Waals surface area contributed by atoms with Crippen LogP contribution in [0.1, 0.15) is 39.5 Å². The second kappa shape index (κ2) is 8.61. The first-order valence-corrected chi connectivity index (χ1v) is 8.59. The number of nitrogens with zero attached hydrogens (tertiary/aromatic N) is 2. The fourth-order valence-electron chi connectivity index (χ4n) is 2.36. The number of carbonyl (C=O) groups is 1. The molecule has 0 unspecified atom stereocenters. The van der Waals surface area contributed by atoms with Gasteiger partial charge in [0.1, 0.15) is 12.4 Å². The minimum Gasteiger partial charge on any atom is -0.457 e. The van der Waals surface area contributed by atoms with Gasteiger partial charge in [0.05, 0.1) is 17.6 Å². The zero-order valence-electron chi connectivity index (χ0n) is 16.0. The quantitative estimate of drug-likeness (QED) is 0.427. The van der Waals surface area contributed by atoms with Crippen molar-refractivity contribution >= 4 is 18.0 Å². The van der Waals surface area contributed by atoms with E-state index in [1.807, 2.05) is 38.8 Å². The highest BCUT2D eigenvalue weighted by Crippen LogP contribution is 2.24. The van der Waals surface area contributed by atoms with Crippen LogP contribution in [0.3, 0.4) is 0 Å². The standard InChI is InChI=1S/C21H25FN2O2/c1-6-24(5)13-23-20-10-15(3)18(9-16(20)4)21(25)26-12-17-8-7-14(2)19(22)11-17/h7-11,13H,6,12H2,1-5H3/b23-13+. The van der Waals surface area contributed by atoms with Crippen LogP contribution in [0.15, 0.2) is 35.3 Å². The van der Waals surface area contributed by atoms with Gasteiger partial charge in [0, 0.05) is 13.6 Å². The number of hydrogen-bond donors (Lipinski definition) is 0. The lowest BCUT2D eigenvalue weighted by Crippen LogP contribution is -2.14. The van der Waals surface area contributed by atoms with Crippen LogP contribution in [0.2, 0.25) is 0 Å². The van der Waals surface area contributed by atoms with Gasteiger partial charge >= 0.3 is 5.97 Å². The van der Waals surface area contributed by atoms with Crippen molar-refractivity contribution in [1.82, 2.24) is 4.90 Å². The Morgan fingerprint density at radius 1 is 1.15 bits per heavy atom. The molecule has 0 N–H and O–H groups in total. The van der Waals surface area contributed by atoms with Crippen molar-refractivity contribution in [1.29, 1.82) is 0 Å². The van der Waals surface area contributed by atoms with Crippen molar-refractivity contribution in [2.75, 3.05) is 13.6 Å². The second-order valence-electron chi connectivity index (χ2n) is 6.43. The van der Waals surface area contributed by atoms with Crippen LogP contribution in [0, 0.1) is 26.6 Å². The number of benzene rings is 2. The lowest BCUT2D eigenvalue weighted by atomic mass is 10.0. The molecule has 0 saturated carbocycles. The Labute approximate surface area is 154 Å². The SMILES string of the molecule is CCN(C)/C=N/c1cc(C)c(C(=O)OCc2ccc(C)c(F)c2)cc1C. The summed E-state index contributed by atoms with van der Waals surface area (Å²) in [5, 5.41) is 0. The van der Waals surface area contributed by atoms with E-state index >= 15 is 0 Å². The molecule has 2 rings (SSSR count). The summed E-state index contributed by atoms with van der Waals surface area (Å²) in [6, 6.07) is 8.48. The number of aryl methyl sites for hydroxylation is 3. The number of halogens is 1. The summed E-state index contributed by atoms with van der Waals surface area (Å²) in [5.41, 5.74) is 4.19. The maximum absolute atomic E-state index is 13.6. The van der Waals surface area contributed by atoms with Gasteiger partial charge in [-0.05, 0) is 68.1 Å². The van der Waals surface area contributed by atoms with Crippen LogP contribution < -0.4 is 0 Å². The highest BCUT2D eigenvalue weighted by molar-refractivity contribution is 5.92. The normalized spacial score (nSPS) is 11.0. The summed E-state index contributed by atoms with van der Waals surface area (Å²) in [4.78, 5) is 18.8. The van der Waals surface area contributed by atoms with Gasteiger partial charge in [0.15, 0.2) is 0 Å². The predicted molar refractivity (Wildman–Crippen MR) is 103 cm³/mol. The van der Waals surface area contributed by atoms with Crippen LogP contribution >= 0.6 is 0 Å². The molecule has 4 nitrogen and oxygen atoms in total. The van der Waals surface area contributed by atoms with Gasteiger partial charge in [-0.2, -0.15) is 0 Å². The Kier molecular flexibility index (Phi) is 6.50. The minimum atomic E-state index is -0.423. The van der Waals surface area contributed by atoms with Crippen molar-refractivity contribution in [2.24, 2.45) is 4.99 Å². The number of rotatable bonds is 6. The molecule has 0 aliphatic carbocycles. The number of carbonyl (C=O) groups excluding carboxylic acids is 1. The lowest BCUT2D eigenvalue weighted by Gasteiger charge is -2.12. The zero-order chi connectivity index (χ0) is 19.3. The third kappa shape index (κ3) is 4.91. The van der Waals surface area contributed by atoms with E-state index in [1.54, 1.807) is 31.5 Å². The average Bonchev–Trinajstić information content (AvgIpc) is 2.62. The summed E-state index contributed by atoms with van der Waals surface area (Å²) < 4.78 is 18.9. The first-order valence-electron chi connectivity index (χ1n) is 8.59. The monoisotopic (exact) mass is 356 g/mol. The number of ether oxygens (including phenoxy) is 1. The molecule has 0 amide bonds. The highest BCUT2D eigenvalue weighted by Gasteiger charge is 2.13. The van der Waals surface area contributed by atoms with Crippen molar-refractivity contribution < 1.29 is 13.9 Å². The van der Waals surface area contributed by atoms with E-state index < -0.39 is 5.97 Å². The Bertz CT molecular complexity index is 831. The molecule has 26 heavy (non-hydrogen) atoms. The zero-order valence-corrected chi connectivity index (χ0v) is 16.0. The highest BCUT2D eigenvalue weighted by atomic mass is 19.1. The van der Waals surface area contributed by atoms with Crippen LogP contribution in [0.4, 0.5) is 10.1 Å². The van der Waals surface area contributed by atoms with Crippen LogP contribution in [-0.4, -0.2) is 30.8 Å². The predicted octanol–water partition coefficient (Wildman–Crippen LogP) is 4.72. The van der Waals surface area contributed by atoms with Gasteiger partial charge in [0.2, 0.25) is 0 Å². The molecule has 0 saturated heterocycles. The molecule has 0 aliphatic heterocycles. The molecule has 0 heterocycles. The molecule has 0 bridgehead atoms. The van der Waals surface area contributed by atoms with Gasteiger partial charge in [-0.1, -0.05) is 12.1 Å². The van der Waals surface area contributed by atoms with Gasteiger partial charge in [0.25, 0.3) is 0 Å². The van der Waals surface area contributed by atoms with Gasteiger partial charge in [-0.15, -0.1) is 0 Å². The van der Waals surface area contributed by atoms with Crippen LogP contribution in [0.25, 0.3) is 0 Å². The Morgan fingerprint density at radius 2 is 1.88 bits per heavy atom. The first kappa shape index (κ1) is 19.6. The number of esters is 1. The Hall–Kier alpha value is -2.69. The molecule has 0 spiro atoms. The second-order valence-corrected chi connectivity index (χ2v) is 6.43. The maximum Gasteiger partial charge on any atom is 0.338 e. The smallest absolute Gasteiger partial charge is 0.338 e. The molecular formula is C21H25FN2O2. The molecule has 2 aromatic carbocycles. The number of aliphatic imine (C=N–C) groups is 1. The molecule has 5 heteroatoms. The number of hydrogen-bond acceptors (Lipinski definition) is 3. The molecule has 0 aromatic heterocycles.